The molecule has 0 radical (unpaired) electrons. The van der Waals surface area contributed by atoms with Gasteiger partial charge >= 0.3 is 0 Å². The fraction of sp³-hybridized carbons (Fsp3) is 0.100. The van der Waals surface area contributed by atoms with E-state index in [0.717, 1.165) is 5.56 Å². The summed E-state index contributed by atoms with van der Waals surface area (Å²) in [5.74, 6) is 0.555. The van der Waals surface area contributed by atoms with Gasteiger partial charge in [0, 0.05) is 16.2 Å². The molecule has 1 N–H and O–H groups in total. The Kier molecular flexibility index (Phi) is 5.56. The van der Waals surface area contributed by atoms with E-state index in [2.05, 4.69) is 14.7 Å². The third-order valence-electron chi connectivity index (χ3n) is 4.36. The summed E-state index contributed by atoms with van der Waals surface area (Å²) in [5, 5.41) is 1.00. The normalized spacial score (nSPS) is 11.8. The van der Waals surface area contributed by atoms with Crippen LogP contribution in [0, 0.1) is 0 Å². The second-order valence-electron chi connectivity index (χ2n) is 6.37. The molecule has 148 valence electrons. The highest BCUT2D eigenvalue weighted by atomic mass is 35.5. The van der Waals surface area contributed by atoms with Crippen LogP contribution in [0.1, 0.15) is 11.4 Å². The van der Waals surface area contributed by atoms with Gasteiger partial charge in [0.15, 0.2) is 5.65 Å². The number of pyridine rings is 1. The van der Waals surface area contributed by atoms with Gasteiger partial charge in [-0.3, -0.25) is 0 Å². The van der Waals surface area contributed by atoms with E-state index in [1.165, 1.54) is 12.1 Å². The molecule has 0 atom stereocenters. The number of halogens is 2. The zero-order valence-corrected chi connectivity index (χ0v) is 17.4. The van der Waals surface area contributed by atoms with Crippen molar-refractivity contribution in [3.8, 4) is 0 Å². The van der Waals surface area contributed by atoms with Crippen molar-refractivity contribution in [2.45, 2.75) is 18.0 Å². The van der Waals surface area contributed by atoms with Crippen LogP contribution in [0.2, 0.25) is 10.0 Å². The maximum atomic E-state index is 12.6. The van der Waals surface area contributed by atoms with Crippen molar-refractivity contribution in [3.63, 3.8) is 0 Å². The molecule has 2 aromatic carbocycles. The average molecular weight is 447 g/mol. The quantitative estimate of drug-likeness (QED) is 0.479. The summed E-state index contributed by atoms with van der Waals surface area (Å²) in [5.41, 5.74) is 2.37. The first kappa shape index (κ1) is 19.8. The summed E-state index contributed by atoms with van der Waals surface area (Å²) in [6.45, 7) is 0.498. The first-order chi connectivity index (χ1) is 13.9. The fourth-order valence-electron chi connectivity index (χ4n) is 2.96. The van der Waals surface area contributed by atoms with E-state index >= 15 is 0 Å². The SMILES string of the molecule is O=S(=O)(NCc1nc2cccnc2n1Cc1ccc(Cl)cc1)c1cccc(Cl)c1. The Morgan fingerprint density at radius 3 is 2.52 bits per heavy atom. The summed E-state index contributed by atoms with van der Waals surface area (Å²) >= 11 is 11.9. The van der Waals surface area contributed by atoms with Gasteiger partial charge < -0.3 is 4.57 Å². The highest BCUT2D eigenvalue weighted by molar-refractivity contribution is 7.89. The number of fused-ring (bicyclic) bond motifs is 1. The number of nitrogens with one attached hydrogen (secondary N) is 1. The number of rotatable bonds is 6. The van der Waals surface area contributed by atoms with Gasteiger partial charge in [0.2, 0.25) is 10.0 Å². The summed E-state index contributed by atoms with van der Waals surface area (Å²) < 4.78 is 29.8. The molecular weight excluding hydrogens is 431 g/mol. The van der Waals surface area contributed by atoms with Crippen LogP contribution in [0.15, 0.2) is 71.8 Å². The molecule has 0 aliphatic rings. The van der Waals surface area contributed by atoms with Crippen molar-refractivity contribution in [2.75, 3.05) is 0 Å². The van der Waals surface area contributed by atoms with Crippen molar-refractivity contribution < 1.29 is 8.42 Å². The molecule has 0 saturated heterocycles. The Hall–Kier alpha value is -2.45. The largest absolute Gasteiger partial charge is 0.307 e. The van der Waals surface area contributed by atoms with Crippen LogP contribution >= 0.6 is 23.2 Å². The van der Waals surface area contributed by atoms with Gasteiger partial charge in [0.05, 0.1) is 18.0 Å². The first-order valence-electron chi connectivity index (χ1n) is 8.72. The highest BCUT2D eigenvalue weighted by Crippen LogP contribution is 2.19. The van der Waals surface area contributed by atoms with Gasteiger partial charge in [-0.15, -0.1) is 0 Å². The monoisotopic (exact) mass is 446 g/mol. The molecule has 6 nitrogen and oxygen atoms in total. The molecule has 29 heavy (non-hydrogen) atoms. The molecule has 2 aromatic heterocycles. The fourth-order valence-corrected chi connectivity index (χ4v) is 4.36. The van der Waals surface area contributed by atoms with E-state index in [1.54, 1.807) is 24.4 Å². The van der Waals surface area contributed by atoms with Gasteiger partial charge in [-0.2, -0.15) is 0 Å². The van der Waals surface area contributed by atoms with Gasteiger partial charge in [0.1, 0.15) is 11.3 Å². The average Bonchev–Trinajstić information content (AvgIpc) is 3.06. The molecule has 0 unspecified atom stereocenters. The van der Waals surface area contributed by atoms with Crippen molar-refractivity contribution in [1.29, 1.82) is 0 Å². The summed E-state index contributed by atoms with van der Waals surface area (Å²) in [7, 11) is -3.74. The zero-order chi connectivity index (χ0) is 20.4. The van der Waals surface area contributed by atoms with Gasteiger partial charge in [0.25, 0.3) is 0 Å². The standard InChI is InChI=1S/C20H16Cl2N4O2S/c21-15-8-6-14(7-9-15)13-26-19(25-18-5-2-10-23-20(18)26)12-24-29(27,28)17-4-1-3-16(22)11-17/h1-11,24H,12-13H2. The number of hydrogen-bond acceptors (Lipinski definition) is 4. The molecule has 0 bridgehead atoms. The first-order valence-corrected chi connectivity index (χ1v) is 11.0. The lowest BCUT2D eigenvalue weighted by Crippen LogP contribution is -2.25. The van der Waals surface area contributed by atoms with E-state index in [1.807, 2.05) is 34.9 Å². The summed E-state index contributed by atoms with van der Waals surface area (Å²) in [6, 6.07) is 17.2. The van der Waals surface area contributed by atoms with Gasteiger partial charge in [-0.05, 0) is 48.0 Å². The molecule has 9 heteroatoms. The maximum absolute atomic E-state index is 12.6. The van der Waals surface area contributed by atoms with E-state index in [-0.39, 0.29) is 11.4 Å². The third-order valence-corrected chi connectivity index (χ3v) is 6.25. The topological polar surface area (TPSA) is 76.9 Å². The van der Waals surface area contributed by atoms with Crippen molar-refractivity contribution in [3.05, 3.63) is 88.3 Å². The molecule has 0 aliphatic carbocycles. The number of aromatic nitrogens is 3. The molecular formula is C20H16Cl2N4O2S. The van der Waals surface area contributed by atoms with Crippen LogP contribution in [0.3, 0.4) is 0 Å². The predicted octanol–water partition coefficient (Wildman–Crippen LogP) is 4.26. The number of nitrogens with zero attached hydrogens (tertiary/aromatic N) is 3. The number of hydrogen-bond donors (Lipinski definition) is 1. The minimum atomic E-state index is -3.74. The summed E-state index contributed by atoms with van der Waals surface area (Å²) in [6.07, 6.45) is 1.68. The lowest BCUT2D eigenvalue weighted by Gasteiger charge is -2.11. The lowest BCUT2D eigenvalue weighted by molar-refractivity contribution is 0.576. The Morgan fingerprint density at radius 2 is 1.76 bits per heavy atom. The van der Waals surface area contributed by atoms with E-state index in [4.69, 9.17) is 23.2 Å². The third kappa shape index (κ3) is 4.43. The molecule has 4 aromatic rings. The molecule has 0 spiro atoms. The lowest BCUT2D eigenvalue weighted by atomic mass is 10.2. The Morgan fingerprint density at radius 1 is 0.966 bits per heavy atom. The number of imidazole rings is 1. The highest BCUT2D eigenvalue weighted by Gasteiger charge is 2.18. The molecule has 0 amide bonds. The van der Waals surface area contributed by atoms with E-state index in [9.17, 15) is 8.42 Å². The van der Waals surface area contributed by atoms with Crippen molar-refractivity contribution in [2.24, 2.45) is 0 Å². The van der Waals surface area contributed by atoms with Crippen LogP contribution in [-0.2, 0) is 23.1 Å². The number of benzene rings is 2. The molecule has 2 heterocycles. The van der Waals surface area contributed by atoms with Crippen molar-refractivity contribution >= 4 is 44.4 Å². The minimum absolute atomic E-state index is 0.0127. The van der Waals surface area contributed by atoms with Crippen LogP contribution in [0.4, 0.5) is 0 Å². The molecule has 0 aliphatic heterocycles. The van der Waals surface area contributed by atoms with Crippen LogP contribution in [0.25, 0.3) is 11.2 Å². The molecule has 4 rings (SSSR count). The summed E-state index contributed by atoms with van der Waals surface area (Å²) in [4.78, 5) is 9.07. The van der Waals surface area contributed by atoms with Crippen LogP contribution < -0.4 is 4.72 Å². The van der Waals surface area contributed by atoms with Gasteiger partial charge in [-0.1, -0.05) is 41.4 Å². The predicted molar refractivity (Wildman–Crippen MR) is 114 cm³/mol. The Balaban J connectivity index is 1.65. The van der Waals surface area contributed by atoms with E-state index < -0.39 is 10.0 Å². The Bertz CT molecular complexity index is 1270. The molecule has 0 saturated carbocycles. The van der Waals surface area contributed by atoms with E-state index in [0.29, 0.717) is 33.6 Å². The smallest absolute Gasteiger partial charge is 0.241 e. The molecule has 0 fully saturated rings. The van der Waals surface area contributed by atoms with Crippen LogP contribution in [0.5, 0.6) is 0 Å². The maximum Gasteiger partial charge on any atom is 0.241 e. The van der Waals surface area contributed by atoms with Crippen molar-refractivity contribution in [1.82, 2.24) is 19.3 Å². The van der Waals surface area contributed by atoms with Crippen LogP contribution in [-0.4, -0.2) is 23.0 Å². The van der Waals surface area contributed by atoms with Gasteiger partial charge in [-0.25, -0.2) is 23.1 Å². The second-order valence-corrected chi connectivity index (χ2v) is 9.01. The number of sulfonamides is 1. The Labute approximate surface area is 178 Å². The zero-order valence-electron chi connectivity index (χ0n) is 15.1. The second kappa shape index (κ2) is 8.12. The minimum Gasteiger partial charge on any atom is -0.307 e.